The van der Waals surface area contributed by atoms with E-state index in [1.54, 1.807) is 11.6 Å². The van der Waals surface area contributed by atoms with Gasteiger partial charge in [0.2, 0.25) is 0 Å². The zero-order valence-electron chi connectivity index (χ0n) is 14.2. The molecule has 2 aromatic rings. The van der Waals surface area contributed by atoms with Crippen molar-refractivity contribution in [2.75, 3.05) is 0 Å². The van der Waals surface area contributed by atoms with E-state index in [4.69, 9.17) is 4.99 Å². The van der Waals surface area contributed by atoms with Crippen molar-refractivity contribution < 1.29 is 9.90 Å². The predicted molar refractivity (Wildman–Crippen MR) is 93.9 cm³/mol. The smallest absolute Gasteiger partial charge is 0.356 e. The SMILES string of the molecule is Cc1c(C(=O)O)nn(C(=NC2CCCCC2)c2ccccc2)c1C. The summed E-state index contributed by atoms with van der Waals surface area (Å²) in [6.07, 6.45) is 5.85. The molecule has 0 saturated heterocycles. The van der Waals surface area contributed by atoms with Crippen LogP contribution in [0.3, 0.4) is 0 Å². The Balaban J connectivity index is 2.10. The molecule has 5 nitrogen and oxygen atoms in total. The third kappa shape index (κ3) is 3.25. The first-order valence-electron chi connectivity index (χ1n) is 8.51. The van der Waals surface area contributed by atoms with Gasteiger partial charge in [-0.3, -0.25) is 4.99 Å². The highest BCUT2D eigenvalue weighted by molar-refractivity contribution is 6.01. The lowest BCUT2D eigenvalue weighted by molar-refractivity contribution is 0.0689. The van der Waals surface area contributed by atoms with Crippen molar-refractivity contribution in [3.05, 3.63) is 52.8 Å². The Kier molecular flexibility index (Phi) is 4.79. The van der Waals surface area contributed by atoms with E-state index in [1.807, 2.05) is 37.3 Å². The first-order chi connectivity index (χ1) is 11.6. The summed E-state index contributed by atoms with van der Waals surface area (Å²) in [5.41, 5.74) is 2.57. The molecule has 0 aliphatic heterocycles. The van der Waals surface area contributed by atoms with E-state index in [0.717, 1.165) is 29.9 Å². The molecular formula is C19H23N3O2. The number of hydrogen-bond acceptors (Lipinski definition) is 3. The summed E-state index contributed by atoms with van der Waals surface area (Å²) in [6.45, 7) is 3.69. The van der Waals surface area contributed by atoms with Crippen molar-refractivity contribution in [3.63, 3.8) is 0 Å². The maximum atomic E-state index is 11.4. The van der Waals surface area contributed by atoms with E-state index in [9.17, 15) is 9.90 Å². The van der Waals surface area contributed by atoms with Gasteiger partial charge in [-0.2, -0.15) is 5.10 Å². The summed E-state index contributed by atoms with van der Waals surface area (Å²) in [7, 11) is 0. The predicted octanol–water partition coefficient (Wildman–Crippen LogP) is 3.83. The van der Waals surface area contributed by atoms with Crippen LogP contribution in [0, 0.1) is 13.8 Å². The zero-order valence-corrected chi connectivity index (χ0v) is 14.2. The van der Waals surface area contributed by atoms with E-state index < -0.39 is 5.97 Å². The molecule has 1 saturated carbocycles. The Morgan fingerprint density at radius 2 is 1.83 bits per heavy atom. The van der Waals surface area contributed by atoms with Crippen molar-refractivity contribution >= 4 is 11.8 Å². The Hall–Kier alpha value is -2.43. The summed E-state index contributed by atoms with van der Waals surface area (Å²) < 4.78 is 1.70. The molecule has 0 amide bonds. The first-order valence-corrected chi connectivity index (χ1v) is 8.51. The number of aromatic carboxylic acids is 1. The van der Waals surface area contributed by atoms with Gasteiger partial charge in [0.15, 0.2) is 11.5 Å². The molecule has 0 atom stereocenters. The van der Waals surface area contributed by atoms with E-state index in [1.165, 1.54) is 19.3 Å². The van der Waals surface area contributed by atoms with Crippen molar-refractivity contribution in [1.82, 2.24) is 9.78 Å². The summed E-state index contributed by atoms with van der Waals surface area (Å²) in [5.74, 6) is -0.255. The molecule has 1 aliphatic carbocycles. The number of carboxylic acid groups (broad SMARTS) is 1. The van der Waals surface area contributed by atoms with Crippen LogP contribution in [-0.2, 0) is 0 Å². The second-order valence-electron chi connectivity index (χ2n) is 6.39. The van der Waals surface area contributed by atoms with Gasteiger partial charge in [-0.25, -0.2) is 9.48 Å². The topological polar surface area (TPSA) is 67.5 Å². The number of benzene rings is 1. The molecule has 1 aromatic heterocycles. The minimum atomic E-state index is -1.00. The molecule has 1 aliphatic rings. The number of hydrogen-bond donors (Lipinski definition) is 1. The number of nitrogens with zero attached hydrogens (tertiary/aromatic N) is 3. The largest absolute Gasteiger partial charge is 0.476 e. The van der Waals surface area contributed by atoms with Crippen LogP contribution < -0.4 is 0 Å². The number of aliphatic imine (C=N–C) groups is 1. The Morgan fingerprint density at radius 3 is 2.42 bits per heavy atom. The highest BCUT2D eigenvalue weighted by Gasteiger charge is 2.22. The van der Waals surface area contributed by atoms with E-state index in [2.05, 4.69) is 5.10 Å². The van der Waals surface area contributed by atoms with Gasteiger partial charge < -0.3 is 5.11 Å². The number of rotatable bonds is 3. The summed E-state index contributed by atoms with van der Waals surface area (Å²) in [4.78, 5) is 16.4. The van der Waals surface area contributed by atoms with E-state index in [0.29, 0.717) is 5.56 Å². The van der Waals surface area contributed by atoms with Crippen LogP contribution in [0.4, 0.5) is 0 Å². The molecule has 0 radical (unpaired) electrons. The van der Waals surface area contributed by atoms with Gasteiger partial charge in [0, 0.05) is 16.8 Å². The Morgan fingerprint density at radius 1 is 1.17 bits per heavy atom. The van der Waals surface area contributed by atoms with Crippen LogP contribution in [0.15, 0.2) is 35.3 Å². The second-order valence-corrected chi connectivity index (χ2v) is 6.39. The number of aromatic nitrogens is 2. The highest BCUT2D eigenvalue weighted by Crippen LogP contribution is 2.22. The molecule has 1 N–H and O–H groups in total. The van der Waals surface area contributed by atoms with Crippen LogP contribution >= 0.6 is 0 Å². The fraction of sp³-hybridized carbons (Fsp3) is 0.421. The molecule has 0 unspecified atom stereocenters. The lowest BCUT2D eigenvalue weighted by Crippen LogP contribution is -2.22. The van der Waals surface area contributed by atoms with Gasteiger partial charge in [-0.1, -0.05) is 49.6 Å². The average Bonchev–Trinajstić information content (AvgIpc) is 2.90. The summed E-state index contributed by atoms with van der Waals surface area (Å²) in [6, 6.07) is 10.2. The molecule has 1 heterocycles. The summed E-state index contributed by atoms with van der Waals surface area (Å²) in [5, 5.41) is 13.7. The van der Waals surface area contributed by atoms with Gasteiger partial charge in [0.05, 0.1) is 6.04 Å². The Labute approximate surface area is 142 Å². The normalized spacial score (nSPS) is 16.3. The third-order valence-electron chi connectivity index (χ3n) is 4.73. The van der Waals surface area contributed by atoms with Gasteiger partial charge in [-0.15, -0.1) is 0 Å². The maximum Gasteiger partial charge on any atom is 0.356 e. The van der Waals surface area contributed by atoms with Gasteiger partial charge in [0.25, 0.3) is 0 Å². The standard InChI is InChI=1S/C19H23N3O2/c1-13-14(2)22(21-17(13)19(23)24)18(15-9-5-3-6-10-15)20-16-11-7-4-8-12-16/h3,5-6,9-10,16H,4,7-8,11-12H2,1-2H3,(H,23,24). The summed E-state index contributed by atoms with van der Waals surface area (Å²) >= 11 is 0. The minimum absolute atomic E-state index is 0.0970. The van der Waals surface area contributed by atoms with E-state index in [-0.39, 0.29) is 11.7 Å². The van der Waals surface area contributed by atoms with Gasteiger partial charge in [-0.05, 0) is 26.7 Å². The molecule has 0 spiro atoms. The molecule has 1 aromatic carbocycles. The van der Waals surface area contributed by atoms with Crippen molar-refractivity contribution in [1.29, 1.82) is 0 Å². The minimum Gasteiger partial charge on any atom is -0.476 e. The maximum absolute atomic E-state index is 11.4. The molecule has 5 heteroatoms. The van der Waals surface area contributed by atoms with Crippen molar-refractivity contribution in [2.24, 2.45) is 4.99 Å². The quantitative estimate of drug-likeness (QED) is 0.689. The molecule has 3 rings (SSSR count). The molecule has 1 fully saturated rings. The average molecular weight is 325 g/mol. The first kappa shape index (κ1) is 16.4. The van der Waals surface area contributed by atoms with Crippen LogP contribution in [0.2, 0.25) is 0 Å². The van der Waals surface area contributed by atoms with Crippen LogP contribution in [0.25, 0.3) is 0 Å². The Bertz CT molecular complexity index is 756. The molecule has 126 valence electrons. The van der Waals surface area contributed by atoms with Crippen molar-refractivity contribution in [3.8, 4) is 0 Å². The lowest BCUT2D eigenvalue weighted by atomic mass is 9.96. The third-order valence-corrected chi connectivity index (χ3v) is 4.73. The number of carbonyl (C=O) groups is 1. The fourth-order valence-corrected chi connectivity index (χ4v) is 3.21. The monoisotopic (exact) mass is 325 g/mol. The van der Waals surface area contributed by atoms with Crippen LogP contribution in [0.1, 0.15) is 59.4 Å². The zero-order chi connectivity index (χ0) is 17.1. The van der Waals surface area contributed by atoms with E-state index >= 15 is 0 Å². The lowest BCUT2D eigenvalue weighted by Gasteiger charge is -2.20. The van der Waals surface area contributed by atoms with Gasteiger partial charge in [0.1, 0.15) is 0 Å². The van der Waals surface area contributed by atoms with Gasteiger partial charge >= 0.3 is 5.97 Å². The molecule has 0 bridgehead atoms. The molecular weight excluding hydrogens is 302 g/mol. The van der Waals surface area contributed by atoms with Crippen LogP contribution in [0.5, 0.6) is 0 Å². The van der Waals surface area contributed by atoms with Crippen LogP contribution in [-0.4, -0.2) is 32.7 Å². The second kappa shape index (κ2) is 6.99. The number of carboxylic acids is 1. The highest BCUT2D eigenvalue weighted by atomic mass is 16.4. The fourth-order valence-electron chi connectivity index (χ4n) is 3.21. The molecule has 24 heavy (non-hydrogen) atoms. The van der Waals surface area contributed by atoms with Crippen molar-refractivity contribution in [2.45, 2.75) is 52.0 Å².